The van der Waals surface area contributed by atoms with Crippen LogP contribution in [-0.2, 0) is 20.0 Å². The number of aliphatic hydroxyl groups is 1. The Morgan fingerprint density at radius 2 is 1.82 bits per heavy atom. The third kappa shape index (κ3) is 5.28. The second kappa shape index (κ2) is 10.2. The molecule has 1 aliphatic heterocycles. The van der Waals surface area contributed by atoms with Gasteiger partial charge in [0.05, 0.1) is 27.5 Å². The van der Waals surface area contributed by atoms with E-state index in [0.29, 0.717) is 29.6 Å². The van der Waals surface area contributed by atoms with Gasteiger partial charge in [0, 0.05) is 44.0 Å². The second-order valence-electron chi connectivity index (χ2n) is 10.9. The number of pyridine rings is 1. The highest BCUT2D eigenvalue weighted by atomic mass is 32.2. The van der Waals surface area contributed by atoms with Crippen LogP contribution in [0, 0.1) is 17.2 Å². The number of sulfonamides is 1. The number of β-amino-alcohol motifs (C(OH)–C–C–N with tert-alkyl or cyclic N) is 1. The van der Waals surface area contributed by atoms with Crippen LogP contribution >= 0.6 is 0 Å². The Morgan fingerprint density at radius 3 is 2.44 bits per heavy atom. The maximum Gasteiger partial charge on any atom is 0.269 e. The van der Waals surface area contributed by atoms with Crippen LogP contribution in [0.5, 0.6) is 0 Å². The maximum atomic E-state index is 13.3. The van der Waals surface area contributed by atoms with Crippen molar-refractivity contribution < 1.29 is 21.9 Å². The molecule has 1 saturated heterocycles. The zero-order chi connectivity index (χ0) is 28.0. The number of hydrogen-bond acceptors (Lipinski definition) is 8. The first-order chi connectivity index (χ1) is 18.4. The molecule has 5 rings (SSSR count). The summed E-state index contributed by atoms with van der Waals surface area (Å²) in [7, 11) is -5.42. The van der Waals surface area contributed by atoms with Crippen LogP contribution in [0.15, 0.2) is 53.7 Å². The minimum absolute atomic E-state index is 0.0233. The molecule has 2 aliphatic rings. The van der Waals surface area contributed by atoms with Gasteiger partial charge >= 0.3 is 0 Å². The monoisotopic (exact) mass is 571 g/mol. The van der Waals surface area contributed by atoms with Crippen LogP contribution in [0.25, 0.3) is 11.0 Å². The molecule has 1 N–H and O–H groups in total. The van der Waals surface area contributed by atoms with Crippen LogP contribution in [-0.4, -0.2) is 72.7 Å². The van der Waals surface area contributed by atoms with E-state index in [1.807, 2.05) is 11.9 Å². The van der Waals surface area contributed by atoms with Gasteiger partial charge in [0.1, 0.15) is 6.07 Å². The van der Waals surface area contributed by atoms with Gasteiger partial charge in [0.2, 0.25) is 10.0 Å². The largest absolute Gasteiger partial charge is 0.389 e. The first-order valence-corrected chi connectivity index (χ1v) is 16.1. The third-order valence-electron chi connectivity index (χ3n) is 8.05. The molecule has 2 fully saturated rings. The summed E-state index contributed by atoms with van der Waals surface area (Å²) in [5.74, 6) is 0.0954. The van der Waals surface area contributed by atoms with Crippen LogP contribution in [0.1, 0.15) is 44.6 Å². The minimum atomic E-state index is -3.87. The summed E-state index contributed by atoms with van der Waals surface area (Å²) in [6.45, 7) is 2.16. The number of hydrogen-bond donors (Lipinski definition) is 1. The summed E-state index contributed by atoms with van der Waals surface area (Å²) in [5.41, 5.74) is 0.257. The van der Waals surface area contributed by atoms with Crippen molar-refractivity contribution in [2.75, 3.05) is 30.8 Å². The summed E-state index contributed by atoms with van der Waals surface area (Å²) < 4.78 is 55.1. The molecule has 1 atom stereocenters. The first-order valence-electron chi connectivity index (χ1n) is 13.1. The van der Waals surface area contributed by atoms with Gasteiger partial charge in [-0.2, -0.15) is 9.57 Å². The zero-order valence-electron chi connectivity index (χ0n) is 22.1. The van der Waals surface area contributed by atoms with Crippen LogP contribution in [0.3, 0.4) is 0 Å². The van der Waals surface area contributed by atoms with E-state index in [1.54, 1.807) is 31.2 Å². The summed E-state index contributed by atoms with van der Waals surface area (Å²) in [6.07, 6.45) is 6.25. The van der Waals surface area contributed by atoms with Gasteiger partial charge in [-0.15, -0.1) is 0 Å². The topological polar surface area (TPSA) is 137 Å². The Balaban J connectivity index is 1.35. The Kier molecular flexibility index (Phi) is 7.22. The normalized spacial score (nSPS) is 24.6. The summed E-state index contributed by atoms with van der Waals surface area (Å²) in [4.78, 5) is 6.50. The highest BCUT2D eigenvalue weighted by molar-refractivity contribution is 7.90. The second-order valence-corrected chi connectivity index (χ2v) is 14.8. The molecule has 2 aromatic heterocycles. The molecular formula is C27H33N5O5S2. The number of aromatic nitrogens is 2. The predicted octanol–water partition coefficient (Wildman–Crippen LogP) is 2.93. The van der Waals surface area contributed by atoms with E-state index in [2.05, 4.69) is 11.1 Å². The Morgan fingerprint density at radius 1 is 1.13 bits per heavy atom. The minimum Gasteiger partial charge on any atom is -0.389 e. The molecule has 10 nitrogen and oxygen atoms in total. The lowest BCUT2D eigenvalue weighted by Crippen LogP contribution is -2.40. The maximum absolute atomic E-state index is 13.3. The van der Waals surface area contributed by atoms with E-state index in [-0.39, 0.29) is 34.8 Å². The van der Waals surface area contributed by atoms with Gasteiger partial charge in [-0.25, -0.2) is 25.8 Å². The molecule has 0 spiro atoms. The van der Waals surface area contributed by atoms with E-state index < -0.39 is 25.6 Å². The van der Waals surface area contributed by atoms with Gasteiger partial charge in [-0.3, -0.25) is 0 Å². The van der Waals surface area contributed by atoms with Gasteiger partial charge in [-0.05, 0) is 63.1 Å². The quantitative estimate of drug-likeness (QED) is 0.457. The molecule has 1 aliphatic carbocycles. The third-order valence-corrected chi connectivity index (χ3v) is 11.7. The molecule has 3 heterocycles. The fourth-order valence-corrected chi connectivity index (χ4v) is 9.14. The number of benzene rings is 1. The average molecular weight is 572 g/mol. The van der Waals surface area contributed by atoms with Crippen molar-refractivity contribution in [1.82, 2.24) is 13.3 Å². The van der Waals surface area contributed by atoms with E-state index in [1.165, 1.54) is 28.8 Å². The molecule has 12 heteroatoms. The highest BCUT2D eigenvalue weighted by Crippen LogP contribution is 2.37. The van der Waals surface area contributed by atoms with Crippen LogP contribution in [0.4, 0.5) is 5.69 Å². The van der Waals surface area contributed by atoms with Crippen molar-refractivity contribution in [3.63, 3.8) is 0 Å². The van der Waals surface area contributed by atoms with Crippen molar-refractivity contribution in [3.05, 3.63) is 54.4 Å². The molecule has 3 aromatic rings. The SMILES string of the molecule is CN(c1c(C#N)cnc2c1ccn2S(=O)(=O)c1ccccc1)C1CCC(CS(=O)(=O)N2CCC(C)(O)C2)CC1. The van der Waals surface area contributed by atoms with E-state index in [0.717, 1.165) is 29.7 Å². The van der Waals surface area contributed by atoms with Gasteiger partial charge in [0.15, 0.2) is 5.65 Å². The number of fused-ring (bicyclic) bond motifs is 1. The molecule has 0 amide bonds. The Hall–Kier alpha value is -2.98. The van der Waals surface area contributed by atoms with Crippen molar-refractivity contribution in [2.24, 2.45) is 5.92 Å². The van der Waals surface area contributed by atoms with E-state index in [9.17, 15) is 27.2 Å². The first kappa shape index (κ1) is 27.6. The van der Waals surface area contributed by atoms with Crippen LogP contribution in [0.2, 0.25) is 0 Å². The molecule has 1 unspecified atom stereocenters. The smallest absolute Gasteiger partial charge is 0.269 e. The Labute approximate surface area is 229 Å². The van der Waals surface area contributed by atoms with Crippen LogP contribution < -0.4 is 4.90 Å². The molecule has 1 saturated carbocycles. The van der Waals surface area contributed by atoms with Crippen molar-refractivity contribution in [1.29, 1.82) is 5.26 Å². The van der Waals surface area contributed by atoms with E-state index in [4.69, 9.17) is 0 Å². The summed E-state index contributed by atoms with van der Waals surface area (Å²) in [5, 5.41) is 20.6. The Bertz CT molecular complexity index is 1620. The predicted molar refractivity (Wildman–Crippen MR) is 148 cm³/mol. The highest BCUT2D eigenvalue weighted by Gasteiger charge is 2.39. The summed E-state index contributed by atoms with van der Waals surface area (Å²) in [6, 6.07) is 12.1. The molecule has 208 valence electrons. The number of nitrogens with zero attached hydrogens (tertiary/aromatic N) is 5. The van der Waals surface area contributed by atoms with Gasteiger partial charge < -0.3 is 10.0 Å². The fraction of sp³-hybridized carbons (Fsp3) is 0.481. The van der Waals surface area contributed by atoms with Crippen molar-refractivity contribution in [2.45, 2.75) is 55.6 Å². The van der Waals surface area contributed by atoms with E-state index >= 15 is 0 Å². The average Bonchev–Trinajstić information content (AvgIpc) is 3.52. The lowest BCUT2D eigenvalue weighted by Gasteiger charge is -2.37. The molecule has 0 radical (unpaired) electrons. The van der Waals surface area contributed by atoms with Gasteiger partial charge in [0.25, 0.3) is 10.0 Å². The van der Waals surface area contributed by atoms with Crippen molar-refractivity contribution >= 4 is 36.8 Å². The number of anilines is 1. The number of nitriles is 1. The van der Waals surface area contributed by atoms with Gasteiger partial charge in [-0.1, -0.05) is 18.2 Å². The molecule has 39 heavy (non-hydrogen) atoms. The molecule has 0 bridgehead atoms. The zero-order valence-corrected chi connectivity index (χ0v) is 23.7. The number of rotatable bonds is 7. The molecule has 1 aromatic carbocycles. The lowest BCUT2D eigenvalue weighted by atomic mass is 9.86. The standard InChI is InChI=1S/C27H33N5O5S2/c1-27(33)13-15-31(19-27)38(34,35)18-20-8-10-22(11-9-20)30(2)25-21(16-28)17-29-26-24(25)12-14-32(26)39(36,37)23-6-4-3-5-7-23/h3-7,12,14,17,20,22,33H,8-11,13,15,18-19H2,1-2H3. The molecular weight excluding hydrogens is 538 g/mol. The summed E-state index contributed by atoms with van der Waals surface area (Å²) >= 11 is 0. The lowest BCUT2D eigenvalue weighted by molar-refractivity contribution is 0.0762. The van der Waals surface area contributed by atoms with Crippen molar-refractivity contribution in [3.8, 4) is 6.07 Å². The fourth-order valence-electron chi connectivity index (χ4n) is 5.84.